The van der Waals surface area contributed by atoms with Gasteiger partial charge in [-0.2, -0.15) is 0 Å². The van der Waals surface area contributed by atoms with Crippen LogP contribution in [-0.2, 0) is 12.8 Å². The van der Waals surface area contributed by atoms with E-state index in [-0.39, 0.29) is 21.9 Å². The molecule has 0 amide bonds. The molecule has 0 saturated heterocycles. The highest BCUT2D eigenvalue weighted by Crippen LogP contribution is 2.32. The molecule has 0 bridgehead atoms. The van der Waals surface area contributed by atoms with Crippen LogP contribution in [0, 0.1) is 12.7 Å². The standard InChI is InChI=1S/C15H14ClFN2O2.C2H7N/c1-9-18-6-10(7-19-9)3-4-12-14(16)13(21-2)5-11(8-20)15(12)17;1-3-2/h5-8H,3-4H2,1-2H3;3H,1-2H3. The van der Waals surface area contributed by atoms with Gasteiger partial charge in [0.15, 0.2) is 6.29 Å². The van der Waals surface area contributed by atoms with Gasteiger partial charge in [-0.3, -0.25) is 4.79 Å². The molecule has 0 aliphatic heterocycles. The van der Waals surface area contributed by atoms with E-state index in [2.05, 4.69) is 15.3 Å². The number of nitrogens with one attached hydrogen (secondary N) is 1. The van der Waals surface area contributed by atoms with Crippen LogP contribution in [0.15, 0.2) is 18.5 Å². The van der Waals surface area contributed by atoms with E-state index in [4.69, 9.17) is 16.3 Å². The van der Waals surface area contributed by atoms with Gasteiger partial charge in [-0.15, -0.1) is 0 Å². The van der Waals surface area contributed by atoms with Crippen molar-refractivity contribution < 1.29 is 13.9 Å². The van der Waals surface area contributed by atoms with Gasteiger partial charge in [0.2, 0.25) is 0 Å². The zero-order chi connectivity index (χ0) is 18.1. The SMILES string of the molecule is CNC.COc1cc(C=O)c(F)c(CCc2cnc(C)nc2)c1Cl. The van der Waals surface area contributed by atoms with Crippen LogP contribution in [0.2, 0.25) is 5.02 Å². The second-order valence-electron chi connectivity index (χ2n) is 5.03. The smallest absolute Gasteiger partial charge is 0.153 e. The van der Waals surface area contributed by atoms with E-state index < -0.39 is 5.82 Å². The summed E-state index contributed by atoms with van der Waals surface area (Å²) in [6.07, 6.45) is 4.67. The lowest BCUT2D eigenvalue weighted by Gasteiger charge is -2.12. The average Bonchev–Trinajstić information content (AvgIpc) is 2.57. The second kappa shape index (κ2) is 9.95. The normalized spacial score (nSPS) is 9.92. The maximum atomic E-state index is 14.2. The highest BCUT2D eigenvalue weighted by molar-refractivity contribution is 6.33. The highest BCUT2D eigenvalue weighted by atomic mass is 35.5. The largest absolute Gasteiger partial charge is 0.495 e. The molecule has 7 heteroatoms. The topological polar surface area (TPSA) is 64.1 Å². The summed E-state index contributed by atoms with van der Waals surface area (Å²) < 4.78 is 19.3. The molecule has 0 aliphatic rings. The lowest BCUT2D eigenvalue weighted by atomic mass is 10.0. The Labute approximate surface area is 146 Å². The number of carbonyl (C=O) groups excluding carboxylic acids is 1. The quantitative estimate of drug-likeness (QED) is 0.837. The number of halogens is 2. The molecule has 0 saturated carbocycles. The third-order valence-corrected chi connectivity index (χ3v) is 3.55. The van der Waals surface area contributed by atoms with Crippen molar-refractivity contribution in [3.8, 4) is 5.75 Å². The number of hydrogen-bond donors (Lipinski definition) is 1. The van der Waals surface area contributed by atoms with Gasteiger partial charge in [0.25, 0.3) is 0 Å². The number of rotatable bonds is 5. The molecule has 0 radical (unpaired) electrons. The van der Waals surface area contributed by atoms with Gasteiger partial charge in [0.05, 0.1) is 17.7 Å². The molecule has 1 aromatic carbocycles. The molecule has 5 nitrogen and oxygen atoms in total. The summed E-state index contributed by atoms with van der Waals surface area (Å²) in [7, 11) is 5.17. The number of ether oxygens (including phenoxy) is 1. The Bertz CT molecular complexity index is 679. The fourth-order valence-corrected chi connectivity index (χ4v) is 2.27. The van der Waals surface area contributed by atoms with Crippen molar-refractivity contribution in [3.63, 3.8) is 0 Å². The summed E-state index contributed by atoms with van der Waals surface area (Å²) in [5.74, 6) is 0.353. The minimum Gasteiger partial charge on any atom is -0.495 e. The number of benzene rings is 1. The molecule has 0 unspecified atom stereocenters. The first-order valence-corrected chi connectivity index (χ1v) is 7.72. The van der Waals surface area contributed by atoms with Gasteiger partial charge in [-0.05, 0) is 45.5 Å². The molecule has 1 heterocycles. The van der Waals surface area contributed by atoms with Crippen molar-refractivity contribution in [1.29, 1.82) is 0 Å². The number of methoxy groups -OCH3 is 1. The predicted molar refractivity (Wildman–Crippen MR) is 92.5 cm³/mol. The monoisotopic (exact) mass is 353 g/mol. The van der Waals surface area contributed by atoms with Crippen molar-refractivity contribution in [2.45, 2.75) is 19.8 Å². The van der Waals surface area contributed by atoms with Gasteiger partial charge >= 0.3 is 0 Å². The Morgan fingerprint density at radius 1 is 1.29 bits per heavy atom. The lowest BCUT2D eigenvalue weighted by molar-refractivity contribution is 0.111. The molecule has 1 N–H and O–H groups in total. The molecular formula is C17H21ClFN3O2. The molecule has 2 rings (SSSR count). The number of aryl methyl sites for hydroxylation is 2. The average molecular weight is 354 g/mol. The second-order valence-corrected chi connectivity index (χ2v) is 5.41. The number of hydrogen-bond acceptors (Lipinski definition) is 5. The molecule has 0 spiro atoms. The number of carbonyl (C=O) groups is 1. The molecular weight excluding hydrogens is 333 g/mol. The van der Waals surface area contributed by atoms with Crippen LogP contribution in [0.5, 0.6) is 5.75 Å². The Hall–Kier alpha value is -2.05. The zero-order valence-corrected chi connectivity index (χ0v) is 14.9. The maximum absolute atomic E-state index is 14.2. The molecule has 2 aromatic rings. The van der Waals surface area contributed by atoms with Crippen LogP contribution >= 0.6 is 11.6 Å². The van der Waals surface area contributed by atoms with Crippen molar-refractivity contribution in [2.24, 2.45) is 0 Å². The summed E-state index contributed by atoms with van der Waals surface area (Å²) in [6.45, 7) is 1.79. The van der Waals surface area contributed by atoms with E-state index in [1.807, 2.05) is 14.1 Å². The number of aromatic nitrogens is 2. The van der Waals surface area contributed by atoms with Crippen molar-refractivity contribution in [2.75, 3.05) is 21.2 Å². The minimum absolute atomic E-state index is 0.0635. The summed E-state index contributed by atoms with van der Waals surface area (Å²) in [5, 5.41) is 2.94. The molecule has 1 aromatic heterocycles. The van der Waals surface area contributed by atoms with Gasteiger partial charge in [0, 0.05) is 18.0 Å². The van der Waals surface area contributed by atoms with E-state index >= 15 is 0 Å². The lowest BCUT2D eigenvalue weighted by Crippen LogP contribution is -2.03. The fourth-order valence-electron chi connectivity index (χ4n) is 1.96. The van der Waals surface area contributed by atoms with Gasteiger partial charge in [-0.25, -0.2) is 14.4 Å². The fraction of sp³-hybridized carbons (Fsp3) is 0.353. The summed E-state index contributed by atoms with van der Waals surface area (Å²) in [5.41, 5.74) is 1.07. The van der Waals surface area contributed by atoms with E-state index in [0.29, 0.717) is 25.0 Å². The Morgan fingerprint density at radius 2 is 1.88 bits per heavy atom. The number of nitrogens with zero attached hydrogens (tertiary/aromatic N) is 2. The van der Waals surface area contributed by atoms with Crippen LogP contribution in [0.3, 0.4) is 0 Å². The van der Waals surface area contributed by atoms with Gasteiger partial charge < -0.3 is 10.1 Å². The van der Waals surface area contributed by atoms with Crippen LogP contribution < -0.4 is 10.1 Å². The molecule has 0 fully saturated rings. The van der Waals surface area contributed by atoms with Crippen LogP contribution in [-0.4, -0.2) is 37.5 Å². The molecule has 130 valence electrons. The Kier molecular flexibility index (Phi) is 8.29. The molecule has 24 heavy (non-hydrogen) atoms. The molecule has 0 aliphatic carbocycles. The van der Waals surface area contributed by atoms with Gasteiger partial charge in [0.1, 0.15) is 17.4 Å². The summed E-state index contributed by atoms with van der Waals surface area (Å²) in [6, 6.07) is 1.29. The number of aldehydes is 1. The van der Waals surface area contributed by atoms with E-state index in [1.165, 1.54) is 13.2 Å². The van der Waals surface area contributed by atoms with Crippen molar-refractivity contribution >= 4 is 17.9 Å². The van der Waals surface area contributed by atoms with Crippen LogP contribution in [0.4, 0.5) is 4.39 Å². The third-order valence-electron chi connectivity index (χ3n) is 3.13. The maximum Gasteiger partial charge on any atom is 0.153 e. The Balaban J connectivity index is 0.000000891. The van der Waals surface area contributed by atoms with Gasteiger partial charge in [-0.1, -0.05) is 11.6 Å². The first-order chi connectivity index (χ1) is 11.5. The van der Waals surface area contributed by atoms with Crippen LogP contribution in [0.1, 0.15) is 27.3 Å². The van der Waals surface area contributed by atoms with Crippen molar-refractivity contribution in [3.05, 3.63) is 51.8 Å². The van der Waals surface area contributed by atoms with E-state index in [0.717, 1.165) is 5.56 Å². The van der Waals surface area contributed by atoms with E-state index in [9.17, 15) is 9.18 Å². The summed E-state index contributed by atoms with van der Waals surface area (Å²) in [4.78, 5) is 19.1. The third kappa shape index (κ3) is 5.25. The molecule has 0 atom stereocenters. The zero-order valence-electron chi connectivity index (χ0n) is 14.2. The predicted octanol–water partition coefficient (Wildman–Crippen LogP) is 3.02. The highest BCUT2D eigenvalue weighted by Gasteiger charge is 2.17. The van der Waals surface area contributed by atoms with Crippen LogP contribution in [0.25, 0.3) is 0 Å². The first kappa shape index (κ1) is 20.0. The Morgan fingerprint density at radius 3 is 2.38 bits per heavy atom. The van der Waals surface area contributed by atoms with Crippen molar-refractivity contribution in [1.82, 2.24) is 15.3 Å². The van der Waals surface area contributed by atoms with E-state index in [1.54, 1.807) is 19.3 Å². The minimum atomic E-state index is -0.608. The summed E-state index contributed by atoms with van der Waals surface area (Å²) >= 11 is 6.12. The first-order valence-electron chi connectivity index (χ1n) is 7.34.